The van der Waals surface area contributed by atoms with Crippen LogP contribution in [0, 0.1) is 0 Å². The lowest BCUT2D eigenvalue weighted by molar-refractivity contribution is 0.0154. The Bertz CT molecular complexity index is 242. The van der Waals surface area contributed by atoms with Gasteiger partial charge in [-0.1, -0.05) is 0 Å². The standard InChI is InChI=1S/C7H12N2O2/c1-7(2,10-3)5-4-11-6(8)9-5/h4H,1-3H3,(H2,8,9). The summed E-state index contributed by atoms with van der Waals surface area (Å²) in [5.74, 6) is 0. The van der Waals surface area contributed by atoms with E-state index in [4.69, 9.17) is 14.9 Å². The molecule has 0 unspecified atom stereocenters. The summed E-state index contributed by atoms with van der Waals surface area (Å²) in [4.78, 5) is 3.94. The van der Waals surface area contributed by atoms with Gasteiger partial charge in [-0.25, -0.2) is 0 Å². The van der Waals surface area contributed by atoms with Crippen LogP contribution >= 0.6 is 0 Å². The number of methoxy groups -OCH3 is 1. The topological polar surface area (TPSA) is 61.3 Å². The monoisotopic (exact) mass is 156 g/mol. The molecule has 62 valence electrons. The number of oxazole rings is 1. The van der Waals surface area contributed by atoms with Gasteiger partial charge in [-0.2, -0.15) is 4.98 Å². The summed E-state index contributed by atoms with van der Waals surface area (Å²) in [5, 5.41) is 0. The van der Waals surface area contributed by atoms with Gasteiger partial charge in [0, 0.05) is 7.11 Å². The maximum Gasteiger partial charge on any atom is 0.292 e. The number of nitrogen functional groups attached to an aromatic ring is 1. The molecule has 2 N–H and O–H groups in total. The van der Waals surface area contributed by atoms with Crippen molar-refractivity contribution in [3.8, 4) is 0 Å². The van der Waals surface area contributed by atoms with Crippen molar-refractivity contribution >= 4 is 6.01 Å². The van der Waals surface area contributed by atoms with Gasteiger partial charge in [-0.15, -0.1) is 0 Å². The number of rotatable bonds is 2. The second-order valence-electron chi connectivity index (χ2n) is 2.79. The molecule has 0 saturated heterocycles. The van der Waals surface area contributed by atoms with Crippen molar-refractivity contribution in [2.24, 2.45) is 0 Å². The van der Waals surface area contributed by atoms with Gasteiger partial charge in [0.05, 0.1) is 0 Å². The molecule has 0 saturated carbocycles. The largest absolute Gasteiger partial charge is 0.432 e. The first kappa shape index (κ1) is 8.07. The SMILES string of the molecule is COC(C)(C)c1coc(N)n1. The van der Waals surface area contributed by atoms with Crippen LogP contribution < -0.4 is 5.73 Å². The van der Waals surface area contributed by atoms with Gasteiger partial charge in [-0.3, -0.25) is 0 Å². The lowest BCUT2D eigenvalue weighted by Crippen LogP contribution is -2.19. The third-order valence-electron chi connectivity index (χ3n) is 1.65. The van der Waals surface area contributed by atoms with E-state index in [1.807, 2.05) is 13.8 Å². The quantitative estimate of drug-likeness (QED) is 0.697. The Morgan fingerprint density at radius 2 is 2.27 bits per heavy atom. The molecule has 0 aromatic carbocycles. The van der Waals surface area contributed by atoms with E-state index in [0.29, 0.717) is 5.69 Å². The zero-order chi connectivity index (χ0) is 8.48. The molecule has 4 nitrogen and oxygen atoms in total. The zero-order valence-electron chi connectivity index (χ0n) is 6.92. The van der Waals surface area contributed by atoms with E-state index in [2.05, 4.69) is 4.98 Å². The van der Waals surface area contributed by atoms with Gasteiger partial charge in [0.15, 0.2) is 0 Å². The second-order valence-corrected chi connectivity index (χ2v) is 2.79. The van der Waals surface area contributed by atoms with Crippen LogP contribution in [0.4, 0.5) is 6.01 Å². The molecule has 0 fully saturated rings. The Labute approximate surface area is 65.4 Å². The minimum absolute atomic E-state index is 0.171. The van der Waals surface area contributed by atoms with E-state index < -0.39 is 5.60 Å². The van der Waals surface area contributed by atoms with Crippen molar-refractivity contribution in [1.82, 2.24) is 4.98 Å². The number of aromatic nitrogens is 1. The molecule has 0 aliphatic carbocycles. The number of ether oxygens (including phenoxy) is 1. The summed E-state index contributed by atoms with van der Waals surface area (Å²) in [6.45, 7) is 3.79. The Hall–Kier alpha value is -1.03. The fourth-order valence-corrected chi connectivity index (χ4v) is 0.669. The lowest BCUT2D eigenvalue weighted by Gasteiger charge is -2.18. The third-order valence-corrected chi connectivity index (χ3v) is 1.65. The predicted molar refractivity (Wildman–Crippen MR) is 41.0 cm³/mol. The van der Waals surface area contributed by atoms with Crippen LogP contribution in [0.25, 0.3) is 0 Å². The Balaban J connectivity index is 2.92. The minimum Gasteiger partial charge on any atom is -0.432 e. The van der Waals surface area contributed by atoms with Gasteiger partial charge < -0.3 is 14.9 Å². The summed E-state index contributed by atoms with van der Waals surface area (Å²) in [7, 11) is 1.62. The van der Waals surface area contributed by atoms with Gasteiger partial charge in [-0.05, 0) is 13.8 Å². The third kappa shape index (κ3) is 1.51. The summed E-state index contributed by atoms with van der Waals surface area (Å²) < 4.78 is 10.00. The highest BCUT2D eigenvalue weighted by molar-refractivity contribution is 5.16. The van der Waals surface area contributed by atoms with Crippen molar-refractivity contribution < 1.29 is 9.15 Å². The Kier molecular flexibility index (Phi) is 1.87. The van der Waals surface area contributed by atoms with Crippen molar-refractivity contribution in [2.75, 3.05) is 12.8 Å². The van der Waals surface area contributed by atoms with Gasteiger partial charge in [0.2, 0.25) is 0 Å². The van der Waals surface area contributed by atoms with Crippen LogP contribution in [0.2, 0.25) is 0 Å². The van der Waals surface area contributed by atoms with Gasteiger partial charge in [0.1, 0.15) is 17.6 Å². The second kappa shape index (κ2) is 2.54. The molecule has 0 amide bonds. The summed E-state index contributed by atoms with van der Waals surface area (Å²) in [6, 6.07) is 0.171. The smallest absolute Gasteiger partial charge is 0.292 e. The summed E-state index contributed by atoms with van der Waals surface area (Å²) in [5.41, 5.74) is 5.57. The first-order valence-corrected chi connectivity index (χ1v) is 3.33. The Morgan fingerprint density at radius 3 is 2.64 bits per heavy atom. The maximum atomic E-state index is 5.30. The highest BCUT2D eigenvalue weighted by Gasteiger charge is 2.23. The number of hydrogen-bond donors (Lipinski definition) is 1. The van der Waals surface area contributed by atoms with Crippen molar-refractivity contribution in [3.63, 3.8) is 0 Å². The Morgan fingerprint density at radius 1 is 1.64 bits per heavy atom. The predicted octanol–water partition coefficient (Wildman–Crippen LogP) is 1.14. The van der Waals surface area contributed by atoms with Crippen LogP contribution in [-0.4, -0.2) is 12.1 Å². The van der Waals surface area contributed by atoms with Crippen LogP contribution in [0.3, 0.4) is 0 Å². The van der Waals surface area contributed by atoms with Crippen molar-refractivity contribution in [1.29, 1.82) is 0 Å². The van der Waals surface area contributed by atoms with E-state index in [9.17, 15) is 0 Å². The molecule has 1 aromatic heterocycles. The summed E-state index contributed by atoms with van der Waals surface area (Å²) >= 11 is 0. The van der Waals surface area contributed by atoms with E-state index in [-0.39, 0.29) is 6.01 Å². The van der Waals surface area contributed by atoms with E-state index in [1.54, 1.807) is 7.11 Å². The summed E-state index contributed by atoms with van der Waals surface area (Å²) in [6.07, 6.45) is 1.50. The molecule has 0 spiro atoms. The number of nitrogens with zero attached hydrogens (tertiary/aromatic N) is 1. The molecule has 1 aromatic rings. The van der Waals surface area contributed by atoms with Crippen LogP contribution in [0.5, 0.6) is 0 Å². The molecule has 11 heavy (non-hydrogen) atoms. The molecule has 0 bridgehead atoms. The van der Waals surface area contributed by atoms with Gasteiger partial charge >= 0.3 is 0 Å². The average molecular weight is 156 g/mol. The number of nitrogens with two attached hydrogens (primary N) is 1. The zero-order valence-corrected chi connectivity index (χ0v) is 6.92. The molecule has 0 aliphatic heterocycles. The fourth-order valence-electron chi connectivity index (χ4n) is 0.669. The van der Waals surface area contributed by atoms with Crippen LogP contribution in [0.1, 0.15) is 19.5 Å². The van der Waals surface area contributed by atoms with Crippen molar-refractivity contribution in [3.05, 3.63) is 12.0 Å². The first-order valence-electron chi connectivity index (χ1n) is 3.33. The fraction of sp³-hybridized carbons (Fsp3) is 0.571. The van der Waals surface area contributed by atoms with Crippen LogP contribution in [-0.2, 0) is 10.3 Å². The van der Waals surface area contributed by atoms with E-state index in [0.717, 1.165) is 0 Å². The van der Waals surface area contributed by atoms with Gasteiger partial charge in [0.25, 0.3) is 6.01 Å². The lowest BCUT2D eigenvalue weighted by atomic mass is 10.1. The average Bonchev–Trinajstić information content (AvgIpc) is 2.36. The van der Waals surface area contributed by atoms with Crippen molar-refractivity contribution in [2.45, 2.75) is 19.4 Å². The molecule has 4 heteroatoms. The molecule has 0 atom stereocenters. The van der Waals surface area contributed by atoms with E-state index in [1.165, 1.54) is 6.26 Å². The molecule has 1 heterocycles. The molecule has 1 rings (SSSR count). The number of hydrogen-bond acceptors (Lipinski definition) is 4. The number of anilines is 1. The highest BCUT2D eigenvalue weighted by atomic mass is 16.5. The molecular weight excluding hydrogens is 144 g/mol. The maximum absolute atomic E-state index is 5.30. The molecule has 0 radical (unpaired) electrons. The molecular formula is C7H12N2O2. The normalized spacial score (nSPS) is 11.9. The molecule has 0 aliphatic rings. The van der Waals surface area contributed by atoms with Crippen LogP contribution in [0.15, 0.2) is 10.7 Å². The van der Waals surface area contributed by atoms with E-state index >= 15 is 0 Å². The highest BCUT2D eigenvalue weighted by Crippen LogP contribution is 2.22. The first-order chi connectivity index (χ1) is 5.06. The minimum atomic E-state index is -0.429.